The summed E-state index contributed by atoms with van der Waals surface area (Å²) in [7, 11) is 0. The normalized spacial score (nSPS) is 11.9. The fourth-order valence-corrected chi connectivity index (χ4v) is 1.24. The molecule has 0 N–H and O–H groups in total. The molecule has 0 amide bonds. The topological polar surface area (TPSA) is 23.8 Å². The van der Waals surface area contributed by atoms with Crippen molar-refractivity contribution in [3.8, 4) is 6.07 Å². The molecule has 1 rings (SSSR count). The van der Waals surface area contributed by atoms with Crippen molar-refractivity contribution in [3.63, 3.8) is 0 Å². The van der Waals surface area contributed by atoms with Gasteiger partial charge in [-0.1, -0.05) is 29.3 Å². The van der Waals surface area contributed by atoms with Gasteiger partial charge in [0.05, 0.1) is 16.1 Å². The lowest BCUT2D eigenvalue weighted by Crippen LogP contribution is -1.83. The second-order valence-electron chi connectivity index (χ2n) is 2.68. The number of hydrogen-bond acceptors (Lipinski definition) is 1. The Hall–Kier alpha value is -1.04. The molecule has 0 fully saturated rings. The molecule has 1 aromatic rings. The van der Waals surface area contributed by atoms with Crippen molar-refractivity contribution in [2.45, 2.75) is 6.92 Å². The van der Waals surface area contributed by atoms with Gasteiger partial charge in [0.2, 0.25) is 0 Å². The van der Waals surface area contributed by atoms with Gasteiger partial charge < -0.3 is 0 Å². The summed E-state index contributed by atoms with van der Waals surface area (Å²) in [6.07, 6.45) is 0. The summed E-state index contributed by atoms with van der Waals surface area (Å²) in [6, 6.07) is 5.99. The molecule has 14 heavy (non-hydrogen) atoms. The van der Waals surface area contributed by atoms with Crippen molar-refractivity contribution in [2.75, 3.05) is 0 Å². The lowest BCUT2D eigenvalue weighted by molar-refractivity contribution is 0.628. The van der Waals surface area contributed by atoms with Gasteiger partial charge in [-0.05, 0) is 24.6 Å². The van der Waals surface area contributed by atoms with E-state index in [9.17, 15) is 4.39 Å². The quantitative estimate of drug-likeness (QED) is 0.669. The van der Waals surface area contributed by atoms with E-state index in [0.717, 1.165) is 0 Å². The van der Waals surface area contributed by atoms with E-state index in [2.05, 4.69) is 0 Å². The van der Waals surface area contributed by atoms with E-state index < -0.39 is 5.82 Å². The molecule has 1 aromatic carbocycles. The fraction of sp³-hybridized carbons (Fsp3) is 0.100. The molecule has 0 radical (unpaired) electrons. The van der Waals surface area contributed by atoms with E-state index in [-0.39, 0.29) is 10.1 Å². The maximum atomic E-state index is 12.8. The minimum Gasteiger partial charge on any atom is -0.205 e. The van der Waals surface area contributed by atoms with E-state index in [0.29, 0.717) is 11.1 Å². The van der Waals surface area contributed by atoms with Gasteiger partial charge in [-0.3, -0.25) is 0 Å². The van der Waals surface area contributed by atoms with E-state index in [1.807, 2.05) is 6.07 Å². The summed E-state index contributed by atoms with van der Waals surface area (Å²) in [5, 5.41) is 8.87. The summed E-state index contributed by atoms with van der Waals surface area (Å²) in [4.78, 5) is 0. The van der Waals surface area contributed by atoms with Crippen LogP contribution in [0.2, 0.25) is 5.02 Å². The summed E-state index contributed by atoms with van der Waals surface area (Å²) in [5.74, 6) is -0.505. The highest BCUT2D eigenvalue weighted by atomic mass is 35.5. The van der Waals surface area contributed by atoms with Crippen LogP contribution in [0, 0.1) is 17.1 Å². The Balaban J connectivity index is 3.24. The number of nitrogens with zero attached hydrogens (tertiary/aromatic N) is 1. The average molecular weight is 230 g/mol. The first kappa shape index (κ1) is 11.0. The fourth-order valence-electron chi connectivity index (χ4n) is 0.898. The predicted molar refractivity (Wildman–Crippen MR) is 55.5 cm³/mol. The summed E-state index contributed by atoms with van der Waals surface area (Å²) in [5.41, 5.74) is 0.909. The van der Waals surface area contributed by atoms with Gasteiger partial charge >= 0.3 is 0 Å². The van der Waals surface area contributed by atoms with Gasteiger partial charge in [-0.25, -0.2) is 4.39 Å². The molecule has 0 saturated carbocycles. The highest BCUT2D eigenvalue weighted by molar-refractivity contribution is 6.49. The molecule has 0 saturated heterocycles. The molecule has 72 valence electrons. The third kappa shape index (κ3) is 2.25. The monoisotopic (exact) mass is 229 g/mol. The molecule has 1 nitrogen and oxygen atoms in total. The smallest absolute Gasteiger partial charge is 0.141 e. The lowest BCUT2D eigenvalue weighted by Gasteiger charge is -2.01. The number of nitriles is 1. The second-order valence-corrected chi connectivity index (χ2v) is 3.46. The molecule has 0 spiro atoms. The van der Waals surface area contributed by atoms with Crippen molar-refractivity contribution in [2.24, 2.45) is 0 Å². The Morgan fingerprint density at radius 1 is 1.50 bits per heavy atom. The van der Waals surface area contributed by atoms with Gasteiger partial charge in [-0.15, -0.1) is 0 Å². The number of allylic oxidation sites excluding steroid dienone is 1. The van der Waals surface area contributed by atoms with Gasteiger partial charge in [0.15, 0.2) is 0 Å². The maximum Gasteiger partial charge on any atom is 0.141 e. The van der Waals surface area contributed by atoms with Crippen molar-refractivity contribution >= 4 is 28.2 Å². The van der Waals surface area contributed by atoms with Crippen molar-refractivity contribution in [3.05, 3.63) is 40.2 Å². The van der Waals surface area contributed by atoms with Gasteiger partial charge in [-0.2, -0.15) is 5.26 Å². The third-order valence-electron chi connectivity index (χ3n) is 1.67. The summed E-state index contributed by atoms with van der Waals surface area (Å²) >= 11 is 11.4. The first-order valence-corrected chi connectivity index (χ1v) is 4.53. The summed E-state index contributed by atoms with van der Waals surface area (Å²) < 4.78 is 12.8. The molecular weight excluding hydrogens is 224 g/mol. The first-order chi connectivity index (χ1) is 6.56. The molecule has 0 aliphatic rings. The van der Waals surface area contributed by atoms with E-state index in [4.69, 9.17) is 28.5 Å². The molecule has 0 aliphatic carbocycles. The van der Waals surface area contributed by atoms with Crippen LogP contribution in [0.1, 0.15) is 12.5 Å². The number of halogens is 3. The SMILES string of the molecule is C/C(C#N)=C(/Cl)c1ccc(F)c(Cl)c1. The largest absolute Gasteiger partial charge is 0.205 e. The molecule has 0 aliphatic heterocycles. The second kappa shape index (κ2) is 4.45. The minimum atomic E-state index is -0.505. The number of rotatable bonds is 1. The highest BCUT2D eigenvalue weighted by Gasteiger charge is 2.06. The standard InChI is InChI=1S/C10H6Cl2FN/c1-6(5-14)10(12)7-2-3-9(13)8(11)4-7/h2-4H,1H3/b10-6-. The minimum absolute atomic E-state index is 0.00797. The third-order valence-corrected chi connectivity index (χ3v) is 2.46. The zero-order chi connectivity index (χ0) is 10.7. The van der Waals surface area contributed by atoms with Crippen LogP contribution in [0.15, 0.2) is 23.8 Å². The molecule has 0 atom stereocenters. The number of hydrogen-bond donors (Lipinski definition) is 0. The molecule has 4 heteroatoms. The van der Waals surface area contributed by atoms with Crippen molar-refractivity contribution < 1.29 is 4.39 Å². The summed E-state index contributed by atoms with van der Waals surface area (Å²) in [6.45, 7) is 1.58. The van der Waals surface area contributed by atoms with Crippen LogP contribution >= 0.6 is 23.2 Å². The molecule has 0 heterocycles. The molecular formula is C10H6Cl2FN. The Kier molecular flexibility index (Phi) is 3.51. The van der Waals surface area contributed by atoms with Crippen LogP contribution in [0.25, 0.3) is 5.03 Å². The highest BCUT2D eigenvalue weighted by Crippen LogP contribution is 2.26. The maximum absolute atomic E-state index is 12.8. The van der Waals surface area contributed by atoms with E-state index >= 15 is 0 Å². The van der Waals surface area contributed by atoms with Crippen molar-refractivity contribution in [1.29, 1.82) is 5.26 Å². The van der Waals surface area contributed by atoms with Crippen LogP contribution < -0.4 is 0 Å². The molecule has 0 aromatic heterocycles. The lowest BCUT2D eigenvalue weighted by atomic mass is 10.1. The van der Waals surface area contributed by atoms with Crippen LogP contribution in [-0.2, 0) is 0 Å². The zero-order valence-corrected chi connectivity index (χ0v) is 8.83. The zero-order valence-electron chi connectivity index (χ0n) is 7.31. The van der Waals surface area contributed by atoms with Crippen molar-refractivity contribution in [1.82, 2.24) is 0 Å². The van der Waals surface area contributed by atoms with Gasteiger partial charge in [0.1, 0.15) is 5.82 Å². The Labute approximate surface area is 91.4 Å². The van der Waals surface area contributed by atoms with Crippen LogP contribution in [0.4, 0.5) is 4.39 Å². The average Bonchev–Trinajstić information content (AvgIpc) is 2.20. The first-order valence-electron chi connectivity index (χ1n) is 3.78. The van der Waals surface area contributed by atoms with E-state index in [1.54, 1.807) is 6.92 Å². The van der Waals surface area contributed by atoms with E-state index in [1.165, 1.54) is 18.2 Å². The predicted octanol–water partition coefficient (Wildman–Crippen LogP) is 3.97. The van der Waals surface area contributed by atoms with Crippen LogP contribution in [-0.4, -0.2) is 0 Å². The Bertz CT molecular complexity index is 432. The van der Waals surface area contributed by atoms with Crippen LogP contribution in [0.3, 0.4) is 0 Å². The van der Waals surface area contributed by atoms with Gasteiger partial charge in [0, 0.05) is 5.57 Å². The van der Waals surface area contributed by atoms with Crippen LogP contribution in [0.5, 0.6) is 0 Å². The number of benzene rings is 1. The molecule has 0 bridgehead atoms. The van der Waals surface area contributed by atoms with Gasteiger partial charge in [0.25, 0.3) is 0 Å². The molecule has 0 unspecified atom stereocenters. The Morgan fingerprint density at radius 3 is 2.64 bits per heavy atom. The Morgan fingerprint density at radius 2 is 2.14 bits per heavy atom.